The average molecular weight is 392 g/mol. The number of carbonyl (C=O) groups is 2. The molecule has 0 spiro atoms. The van der Waals surface area contributed by atoms with Gasteiger partial charge in [-0.05, 0) is 67.1 Å². The number of amides is 1. The molecule has 1 amide bonds. The highest BCUT2D eigenvalue weighted by molar-refractivity contribution is 7.13. The molecule has 1 aliphatic rings. The van der Waals surface area contributed by atoms with Gasteiger partial charge in [-0.2, -0.15) is 0 Å². The Kier molecular flexibility index (Phi) is 5.12. The minimum absolute atomic E-state index is 0.125. The topological polar surface area (TPSA) is 50.3 Å². The molecule has 0 bridgehead atoms. The summed E-state index contributed by atoms with van der Waals surface area (Å²) in [6.07, 6.45) is 4.61. The molecule has 0 atom stereocenters. The molecule has 140 valence electrons. The highest BCUT2D eigenvalue weighted by Crippen LogP contribution is 2.25. The second-order valence-electron chi connectivity index (χ2n) is 6.48. The lowest BCUT2D eigenvalue weighted by Gasteiger charge is -2.15. The van der Waals surface area contributed by atoms with E-state index in [-0.39, 0.29) is 17.5 Å². The summed E-state index contributed by atoms with van der Waals surface area (Å²) in [5.74, 6) is -0.291. The van der Waals surface area contributed by atoms with Crippen molar-refractivity contribution in [2.75, 3.05) is 11.4 Å². The summed E-state index contributed by atoms with van der Waals surface area (Å²) in [5, 5.41) is 2.62. The van der Waals surface area contributed by atoms with Crippen molar-refractivity contribution in [1.29, 1.82) is 0 Å². The molecular weight excluding hydrogens is 375 g/mol. The Hall–Kier alpha value is -3.12. The first-order valence-electron chi connectivity index (χ1n) is 8.94. The van der Waals surface area contributed by atoms with Gasteiger partial charge < -0.3 is 4.90 Å². The van der Waals surface area contributed by atoms with E-state index in [1.807, 2.05) is 5.38 Å². The van der Waals surface area contributed by atoms with Gasteiger partial charge >= 0.3 is 0 Å². The van der Waals surface area contributed by atoms with Gasteiger partial charge in [-0.3, -0.25) is 9.59 Å². The van der Waals surface area contributed by atoms with Crippen LogP contribution < -0.4 is 4.90 Å². The Morgan fingerprint density at radius 3 is 2.54 bits per heavy atom. The molecule has 0 aliphatic carbocycles. The number of anilines is 1. The van der Waals surface area contributed by atoms with Crippen molar-refractivity contribution in [3.05, 3.63) is 77.1 Å². The number of hydrogen-bond donors (Lipinski definition) is 0. The Morgan fingerprint density at radius 2 is 1.86 bits per heavy atom. The van der Waals surface area contributed by atoms with Gasteiger partial charge in [0, 0.05) is 35.2 Å². The molecule has 0 N–H and O–H groups in total. The summed E-state index contributed by atoms with van der Waals surface area (Å²) < 4.78 is 13.0. The molecular formula is C22H17FN2O2S. The molecule has 0 saturated carbocycles. The van der Waals surface area contributed by atoms with E-state index in [1.165, 1.54) is 29.5 Å². The van der Waals surface area contributed by atoms with Crippen LogP contribution in [0.5, 0.6) is 0 Å². The molecule has 2 aromatic carbocycles. The van der Waals surface area contributed by atoms with Crippen molar-refractivity contribution in [3.8, 4) is 10.6 Å². The fourth-order valence-corrected chi connectivity index (χ4v) is 3.87. The lowest BCUT2D eigenvalue weighted by Crippen LogP contribution is -2.23. The number of nitrogens with zero attached hydrogens (tertiary/aromatic N) is 2. The molecule has 1 aliphatic heterocycles. The molecule has 0 unspecified atom stereocenters. The van der Waals surface area contributed by atoms with Crippen LogP contribution in [0.3, 0.4) is 0 Å². The van der Waals surface area contributed by atoms with Gasteiger partial charge in [-0.1, -0.05) is 0 Å². The minimum atomic E-state index is -0.286. The van der Waals surface area contributed by atoms with Gasteiger partial charge in [-0.15, -0.1) is 11.3 Å². The first-order valence-corrected chi connectivity index (χ1v) is 9.82. The second-order valence-corrected chi connectivity index (χ2v) is 7.34. The predicted octanol–water partition coefficient (Wildman–Crippen LogP) is 4.97. The van der Waals surface area contributed by atoms with Crippen molar-refractivity contribution in [2.45, 2.75) is 12.8 Å². The summed E-state index contributed by atoms with van der Waals surface area (Å²) in [5.41, 5.74) is 2.90. The predicted molar refractivity (Wildman–Crippen MR) is 109 cm³/mol. The van der Waals surface area contributed by atoms with Crippen molar-refractivity contribution >= 4 is 34.8 Å². The van der Waals surface area contributed by atoms with E-state index >= 15 is 0 Å². The zero-order valence-corrected chi connectivity index (χ0v) is 15.8. The van der Waals surface area contributed by atoms with Crippen LogP contribution in [0.2, 0.25) is 0 Å². The molecule has 4 nitrogen and oxygen atoms in total. The molecule has 28 heavy (non-hydrogen) atoms. The zero-order valence-electron chi connectivity index (χ0n) is 15.0. The highest BCUT2D eigenvalue weighted by atomic mass is 32.1. The first kappa shape index (κ1) is 18.3. The number of halogens is 1. The van der Waals surface area contributed by atoms with Crippen LogP contribution in [0, 0.1) is 5.82 Å². The van der Waals surface area contributed by atoms with Gasteiger partial charge in [0.15, 0.2) is 5.78 Å². The van der Waals surface area contributed by atoms with Gasteiger partial charge in [0.2, 0.25) is 5.91 Å². The average Bonchev–Trinajstić information content (AvgIpc) is 3.36. The number of aromatic nitrogens is 1. The van der Waals surface area contributed by atoms with Gasteiger partial charge in [-0.25, -0.2) is 9.37 Å². The molecule has 6 heteroatoms. The number of benzene rings is 2. The quantitative estimate of drug-likeness (QED) is 0.455. The Morgan fingerprint density at radius 1 is 1.11 bits per heavy atom. The van der Waals surface area contributed by atoms with Crippen LogP contribution in [0.25, 0.3) is 16.6 Å². The van der Waals surface area contributed by atoms with E-state index in [4.69, 9.17) is 0 Å². The summed E-state index contributed by atoms with van der Waals surface area (Å²) in [4.78, 5) is 30.4. The van der Waals surface area contributed by atoms with Crippen LogP contribution in [0.15, 0.2) is 60.0 Å². The smallest absolute Gasteiger partial charge is 0.227 e. The molecule has 4 rings (SSSR count). The van der Waals surface area contributed by atoms with Crippen LogP contribution in [-0.4, -0.2) is 23.2 Å². The number of carbonyl (C=O) groups excluding carboxylic acids is 2. The van der Waals surface area contributed by atoms with E-state index in [2.05, 4.69) is 4.98 Å². The molecule has 1 saturated heterocycles. The summed E-state index contributed by atoms with van der Waals surface area (Å²) in [6, 6.07) is 13.2. The summed E-state index contributed by atoms with van der Waals surface area (Å²) in [6.45, 7) is 0.728. The Labute approximate surface area is 166 Å². The fourth-order valence-electron chi connectivity index (χ4n) is 3.07. The maximum Gasteiger partial charge on any atom is 0.227 e. The Balaban J connectivity index is 1.44. The maximum absolute atomic E-state index is 13.0. The van der Waals surface area contributed by atoms with E-state index in [9.17, 15) is 14.0 Å². The Bertz CT molecular complexity index is 1040. The van der Waals surface area contributed by atoms with Gasteiger partial charge in [0.1, 0.15) is 10.8 Å². The van der Waals surface area contributed by atoms with Crippen molar-refractivity contribution < 1.29 is 14.0 Å². The van der Waals surface area contributed by atoms with Crippen molar-refractivity contribution in [3.63, 3.8) is 0 Å². The second kappa shape index (κ2) is 7.86. The van der Waals surface area contributed by atoms with Crippen molar-refractivity contribution in [2.24, 2.45) is 0 Å². The number of hydrogen-bond acceptors (Lipinski definition) is 4. The molecule has 3 aromatic rings. The van der Waals surface area contributed by atoms with E-state index < -0.39 is 0 Å². The summed E-state index contributed by atoms with van der Waals surface area (Å²) >= 11 is 1.44. The molecule has 1 fully saturated rings. The number of rotatable bonds is 5. The van der Waals surface area contributed by atoms with Crippen LogP contribution in [0.1, 0.15) is 28.9 Å². The first-order chi connectivity index (χ1) is 13.6. The highest BCUT2D eigenvalue weighted by Gasteiger charge is 2.21. The largest absolute Gasteiger partial charge is 0.312 e. The normalized spacial score (nSPS) is 14.2. The standard InChI is InChI=1S/C22H17FN2O2S/c23-17-7-3-16(4-8-17)22-24-18(14-28-22)9-12-20(26)15-5-10-19(11-6-15)25-13-1-2-21(25)27/h3-12,14H,1-2,13H2/b12-9+. The minimum Gasteiger partial charge on any atom is -0.312 e. The molecule has 1 aromatic heterocycles. The number of thiazole rings is 1. The van der Waals surface area contributed by atoms with E-state index in [0.717, 1.165) is 29.2 Å². The summed E-state index contributed by atoms with van der Waals surface area (Å²) in [7, 11) is 0. The zero-order chi connectivity index (χ0) is 19.5. The number of allylic oxidation sites excluding steroid dienone is 1. The maximum atomic E-state index is 13.0. The third-order valence-electron chi connectivity index (χ3n) is 4.56. The third kappa shape index (κ3) is 3.92. The third-order valence-corrected chi connectivity index (χ3v) is 5.47. The van der Waals surface area contributed by atoms with Crippen LogP contribution in [0.4, 0.5) is 10.1 Å². The SMILES string of the molecule is O=C(/C=C/c1csc(-c2ccc(F)cc2)n1)c1ccc(N2CCCC2=O)cc1. The van der Waals surface area contributed by atoms with Crippen LogP contribution in [-0.2, 0) is 4.79 Å². The van der Waals surface area contributed by atoms with Crippen LogP contribution >= 0.6 is 11.3 Å². The molecule has 0 radical (unpaired) electrons. The number of ketones is 1. The molecule has 2 heterocycles. The van der Waals surface area contributed by atoms with Gasteiger partial charge in [0.05, 0.1) is 5.69 Å². The monoisotopic (exact) mass is 392 g/mol. The van der Waals surface area contributed by atoms with E-state index in [0.29, 0.717) is 17.7 Å². The van der Waals surface area contributed by atoms with Gasteiger partial charge in [0.25, 0.3) is 0 Å². The lowest BCUT2D eigenvalue weighted by molar-refractivity contribution is -0.117. The fraction of sp³-hybridized carbons (Fsp3) is 0.136. The van der Waals surface area contributed by atoms with Crippen molar-refractivity contribution in [1.82, 2.24) is 4.98 Å². The lowest BCUT2D eigenvalue weighted by atomic mass is 10.1. The van der Waals surface area contributed by atoms with E-state index in [1.54, 1.807) is 47.4 Å².